The second-order valence-electron chi connectivity index (χ2n) is 13.8. The van der Waals surface area contributed by atoms with E-state index in [0.29, 0.717) is 19.3 Å². The summed E-state index contributed by atoms with van der Waals surface area (Å²) in [6.45, 7) is 3.53. The van der Waals surface area contributed by atoms with Crippen LogP contribution in [-0.4, -0.2) is 49.3 Å². The quantitative estimate of drug-likeness (QED) is 0.0269. The van der Waals surface area contributed by atoms with Crippen LogP contribution in [0, 0.1) is 0 Å². The van der Waals surface area contributed by atoms with Crippen LogP contribution in [0.2, 0.25) is 0 Å². The van der Waals surface area contributed by atoms with Crippen LogP contribution >= 0.6 is 7.82 Å². The number of hydrogen-bond donors (Lipinski definition) is 2. The molecule has 3 N–H and O–H groups in total. The van der Waals surface area contributed by atoms with Gasteiger partial charge in [0.05, 0.1) is 13.2 Å². The predicted octanol–water partition coefficient (Wildman–Crippen LogP) is 12.6. The van der Waals surface area contributed by atoms with E-state index in [1.165, 1.54) is 64.2 Å². The fourth-order valence-electron chi connectivity index (χ4n) is 5.22. The van der Waals surface area contributed by atoms with E-state index < -0.39 is 32.5 Å². The molecule has 0 rings (SSSR count). The van der Waals surface area contributed by atoms with Crippen molar-refractivity contribution in [1.29, 1.82) is 0 Å². The highest BCUT2D eigenvalue weighted by molar-refractivity contribution is 7.47. The second kappa shape index (κ2) is 42.5. The molecular weight excluding hydrogens is 737 g/mol. The Hall–Kier alpha value is -3.07. The fourth-order valence-corrected chi connectivity index (χ4v) is 5.98. The van der Waals surface area contributed by atoms with Gasteiger partial charge in [-0.25, -0.2) is 4.57 Å². The maximum absolute atomic E-state index is 12.6. The van der Waals surface area contributed by atoms with Crippen LogP contribution in [0.3, 0.4) is 0 Å². The van der Waals surface area contributed by atoms with E-state index in [-0.39, 0.29) is 32.6 Å². The topological polar surface area (TPSA) is 134 Å². The smallest absolute Gasteiger partial charge is 0.462 e. The first-order valence-electron chi connectivity index (χ1n) is 21.7. The largest absolute Gasteiger partial charge is 0.472 e. The van der Waals surface area contributed by atoms with E-state index >= 15 is 0 Å². The zero-order chi connectivity index (χ0) is 41.8. The lowest BCUT2D eigenvalue weighted by Gasteiger charge is -2.19. The number of ether oxygens (including phenoxy) is 2. The van der Waals surface area contributed by atoms with E-state index in [4.69, 9.17) is 24.3 Å². The van der Waals surface area contributed by atoms with Crippen LogP contribution in [0.1, 0.15) is 155 Å². The zero-order valence-corrected chi connectivity index (χ0v) is 36.4. The van der Waals surface area contributed by atoms with Crippen molar-refractivity contribution < 1.29 is 37.6 Å². The number of phosphoric acid groups is 1. The summed E-state index contributed by atoms with van der Waals surface area (Å²) in [5.41, 5.74) is 5.34. The molecule has 324 valence electrons. The normalized spacial score (nSPS) is 14.2. The highest BCUT2D eigenvalue weighted by Crippen LogP contribution is 2.43. The molecule has 0 spiro atoms. The molecule has 0 aliphatic carbocycles. The number of phosphoric ester groups is 1. The van der Waals surface area contributed by atoms with Crippen LogP contribution in [0.15, 0.2) is 97.2 Å². The van der Waals surface area contributed by atoms with Crippen LogP contribution in [0.25, 0.3) is 0 Å². The van der Waals surface area contributed by atoms with Crippen LogP contribution in [0.5, 0.6) is 0 Å². The van der Waals surface area contributed by atoms with Crippen molar-refractivity contribution in [1.82, 2.24) is 0 Å². The van der Waals surface area contributed by atoms with Gasteiger partial charge in [-0.15, -0.1) is 0 Å². The van der Waals surface area contributed by atoms with Crippen molar-refractivity contribution in [3.63, 3.8) is 0 Å². The molecule has 57 heavy (non-hydrogen) atoms. The maximum Gasteiger partial charge on any atom is 0.472 e. The molecule has 0 aromatic carbocycles. The van der Waals surface area contributed by atoms with Gasteiger partial charge in [0.15, 0.2) is 6.10 Å². The number of carbonyl (C=O) groups is 2. The van der Waals surface area contributed by atoms with Crippen molar-refractivity contribution in [2.75, 3.05) is 26.4 Å². The van der Waals surface area contributed by atoms with Gasteiger partial charge < -0.3 is 20.1 Å². The molecule has 0 saturated heterocycles. The van der Waals surface area contributed by atoms with Gasteiger partial charge in [-0.2, -0.15) is 0 Å². The minimum atomic E-state index is -4.41. The van der Waals surface area contributed by atoms with Gasteiger partial charge in [0.2, 0.25) is 0 Å². The maximum atomic E-state index is 12.6. The predicted molar refractivity (Wildman–Crippen MR) is 238 cm³/mol. The molecule has 0 bridgehead atoms. The molecule has 0 aliphatic heterocycles. The third-order valence-electron chi connectivity index (χ3n) is 8.46. The number of hydrogen-bond acceptors (Lipinski definition) is 8. The highest BCUT2D eigenvalue weighted by atomic mass is 31.2. The van der Waals surface area contributed by atoms with Crippen LogP contribution in [0.4, 0.5) is 0 Å². The van der Waals surface area contributed by atoms with E-state index in [1.807, 2.05) is 18.2 Å². The molecule has 0 aromatic heterocycles. The number of unbranched alkanes of at least 4 members (excludes halogenated alkanes) is 10. The monoisotopic (exact) mass is 816 g/mol. The first-order chi connectivity index (χ1) is 27.8. The average Bonchev–Trinajstić information content (AvgIpc) is 3.20. The van der Waals surface area contributed by atoms with Crippen molar-refractivity contribution in [3.05, 3.63) is 97.2 Å². The lowest BCUT2D eigenvalue weighted by molar-refractivity contribution is -0.161. The molecule has 2 atom stereocenters. The molecular formula is C47H78NO8P. The van der Waals surface area contributed by atoms with Gasteiger partial charge in [-0.1, -0.05) is 156 Å². The van der Waals surface area contributed by atoms with Crippen molar-refractivity contribution in [2.45, 2.75) is 161 Å². The van der Waals surface area contributed by atoms with E-state index in [0.717, 1.165) is 44.9 Å². The van der Waals surface area contributed by atoms with E-state index in [1.54, 1.807) is 0 Å². The lowest BCUT2D eigenvalue weighted by Crippen LogP contribution is -2.29. The molecule has 0 radical (unpaired) electrons. The van der Waals surface area contributed by atoms with Crippen molar-refractivity contribution in [2.24, 2.45) is 5.73 Å². The summed E-state index contributed by atoms with van der Waals surface area (Å²) in [6.07, 6.45) is 54.6. The summed E-state index contributed by atoms with van der Waals surface area (Å²) in [7, 11) is -4.41. The van der Waals surface area contributed by atoms with Gasteiger partial charge in [-0.3, -0.25) is 18.6 Å². The molecule has 0 saturated carbocycles. The first kappa shape index (κ1) is 53.9. The highest BCUT2D eigenvalue weighted by Gasteiger charge is 2.25. The third kappa shape index (κ3) is 42.4. The Bertz CT molecular complexity index is 1250. The SMILES string of the molecule is CCCCCC=CCC=CCC=CCC=CCC=CCCC(=O)OCC(COP(=O)(O)OCCN)OC(=O)CCCC=CCC=CCC=CCCCCCCCC. The zero-order valence-electron chi connectivity index (χ0n) is 35.5. The lowest BCUT2D eigenvalue weighted by atomic mass is 10.1. The average molecular weight is 816 g/mol. The molecule has 0 amide bonds. The summed E-state index contributed by atoms with van der Waals surface area (Å²) < 4.78 is 32.6. The van der Waals surface area contributed by atoms with E-state index in [2.05, 4.69) is 92.8 Å². The Balaban J connectivity index is 4.39. The van der Waals surface area contributed by atoms with Gasteiger partial charge in [-0.05, 0) is 83.5 Å². The Morgan fingerprint density at radius 3 is 1.46 bits per heavy atom. The Morgan fingerprint density at radius 2 is 0.947 bits per heavy atom. The first-order valence-corrected chi connectivity index (χ1v) is 23.2. The standard InChI is InChI=1S/C47H78NO8P/c1-3-5-7-9-11-13-15-17-19-21-22-24-25-27-29-31-33-35-37-39-46(49)53-43-45(44-55-57(51,52)54-42-41-48)56-47(50)40-38-36-34-32-30-28-26-23-20-18-16-14-12-10-8-6-4-2/h11,13,17-20,22,24,26-29,32-35,45H,3-10,12,14-16,21,23,25,30-31,36-44,48H2,1-2H3,(H,51,52). The number of rotatable bonds is 39. The molecule has 0 aromatic rings. The minimum absolute atomic E-state index is 0.0311. The fraction of sp³-hybridized carbons (Fsp3) is 0.617. The van der Waals surface area contributed by atoms with Crippen molar-refractivity contribution in [3.8, 4) is 0 Å². The molecule has 0 heterocycles. The Morgan fingerprint density at radius 1 is 0.526 bits per heavy atom. The van der Waals surface area contributed by atoms with Gasteiger partial charge in [0.25, 0.3) is 0 Å². The number of nitrogens with two attached hydrogens (primary N) is 1. The summed E-state index contributed by atoms with van der Waals surface area (Å²) in [5.74, 6) is -0.996. The number of esters is 2. The van der Waals surface area contributed by atoms with Gasteiger partial charge >= 0.3 is 19.8 Å². The number of carbonyl (C=O) groups excluding carboxylic acids is 2. The van der Waals surface area contributed by atoms with Gasteiger partial charge in [0, 0.05) is 19.4 Å². The Labute approximate surface area is 346 Å². The number of allylic oxidation sites excluding steroid dienone is 16. The third-order valence-corrected chi connectivity index (χ3v) is 9.44. The van der Waals surface area contributed by atoms with Crippen LogP contribution < -0.4 is 5.73 Å². The summed E-state index contributed by atoms with van der Waals surface area (Å²) in [5, 5.41) is 0. The minimum Gasteiger partial charge on any atom is -0.462 e. The molecule has 0 fully saturated rings. The molecule has 0 aliphatic rings. The van der Waals surface area contributed by atoms with Crippen molar-refractivity contribution >= 4 is 19.8 Å². The van der Waals surface area contributed by atoms with E-state index in [9.17, 15) is 19.0 Å². The second-order valence-corrected chi connectivity index (χ2v) is 15.3. The molecule has 10 heteroatoms. The molecule has 9 nitrogen and oxygen atoms in total. The summed E-state index contributed by atoms with van der Waals surface area (Å²) in [4.78, 5) is 34.8. The molecule has 2 unspecified atom stereocenters. The summed E-state index contributed by atoms with van der Waals surface area (Å²) >= 11 is 0. The Kier molecular flexibility index (Phi) is 40.2. The van der Waals surface area contributed by atoms with Crippen LogP contribution in [-0.2, 0) is 32.7 Å². The van der Waals surface area contributed by atoms with Gasteiger partial charge in [0.1, 0.15) is 6.61 Å². The summed E-state index contributed by atoms with van der Waals surface area (Å²) in [6, 6.07) is 0.